The third kappa shape index (κ3) is 6.19. The SMILES string of the molecule is CC(C)CC(CNC(=O)Cc1ccc(Br)cc1)C(=O)O. The van der Waals surface area contributed by atoms with Gasteiger partial charge in [0, 0.05) is 11.0 Å². The van der Waals surface area contributed by atoms with Gasteiger partial charge >= 0.3 is 5.97 Å². The number of carbonyl (C=O) groups excluding carboxylic acids is 1. The number of rotatable bonds is 7. The fourth-order valence-corrected chi connectivity index (χ4v) is 2.19. The summed E-state index contributed by atoms with van der Waals surface area (Å²) in [5.74, 6) is -1.24. The highest BCUT2D eigenvalue weighted by Crippen LogP contribution is 2.12. The lowest BCUT2D eigenvalue weighted by Crippen LogP contribution is -2.34. The first-order chi connectivity index (χ1) is 9.38. The Morgan fingerprint density at radius 2 is 1.85 bits per heavy atom. The van der Waals surface area contributed by atoms with Crippen LogP contribution in [0.5, 0.6) is 0 Å². The Balaban J connectivity index is 2.45. The molecule has 0 radical (unpaired) electrons. The normalized spacial score (nSPS) is 12.2. The molecular weight excluding hydrogens is 322 g/mol. The van der Waals surface area contributed by atoms with Gasteiger partial charge in [0.1, 0.15) is 0 Å². The number of hydrogen-bond donors (Lipinski definition) is 2. The van der Waals surface area contributed by atoms with Crippen molar-refractivity contribution in [1.29, 1.82) is 0 Å². The maximum Gasteiger partial charge on any atom is 0.308 e. The topological polar surface area (TPSA) is 66.4 Å². The van der Waals surface area contributed by atoms with Crippen LogP contribution in [0.15, 0.2) is 28.7 Å². The van der Waals surface area contributed by atoms with Crippen molar-refractivity contribution in [2.24, 2.45) is 11.8 Å². The summed E-state index contributed by atoms with van der Waals surface area (Å²) in [6.07, 6.45) is 0.829. The van der Waals surface area contributed by atoms with E-state index in [0.717, 1.165) is 10.0 Å². The molecule has 1 aromatic rings. The Morgan fingerprint density at radius 3 is 2.35 bits per heavy atom. The highest BCUT2D eigenvalue weighted by molar-refractivity contribution is 9.10. The Morgan fingerprint density at radius 1 is 1.25 bits per heavy atom. The van der Waals surface area contributed by atoms with E-state index >= 15 is 0 Å². The minimum Gasteiger partial charge on any atom is -0.481 e. The lowest BCUT2D eigenvalue weighted by atomic mass is 9.97. The molecule has 5 heteroatoms. The molecule has 0 aliphatic rings. The van der Waals surface area contributed by atoms with E-state index in [1.807, 2.05) is 38.1 Å². The van der Waals surface area contributed by atoms with E-state index in [2.05, 4.69) is 21.2 Å². The average Bonchev–Trinajstić information content (AvgIpc) is 2.36. The van der Waals surface area contributed by atoms with Gasteiger partial charge in [-0.25, -0.2) is 0 Å². The monoisotopic (exact) mass is 341 g/mol. The van der Waals surface area contributed by atoms with Crippen molar-refractivity contribution in [2.75, 3.05) is 6.54 Å². The summed E-state index contributed by atoms with van der Waals surface area (Å²) in [5.41, 5.74) is 0.904. The molecule has 0 fully saturated rings. The fraction of sp³-hybridized carbons (Fsp3) is 0.467. The van der Waals surface area contributed by atoms with Crippen molar-refractivity contribution in [1.82, 2.24) is 5.32 Å². The molecule has 20 heavy (non-hydrogen) atoms. The number of benzene rings is 1. The van der Waals surface area contributed by atoms with Crippen LogP contribution in [0.2, 0.25) is 0 Å². The van der Waals surface area contributed by atoms with E-state index in [0.29, 0.717) is 12.3 Å². The lowest BCUT2D eigenvalue weighted by molar-refractivity contribution is -0.142. The number of hydrogen-bond acceptors (Lipinski definition) is 2. The van der Waals surface area contributed by atoms with Gasteiger partial charge in [-0.15, -0.1) is 0 Å². The number of halogens is 1. The molecule has 0 saturated heterocycles. The molecule has 0 aliphatic heterocycles. The number of nitrogens with one attached hydrogen (secondary N) is 1. The summed E-state index contributed by atoms with van der Waals surface area (Å²) in [7, 11) is 0. The van der Waals surface area contributed by atoms with Crippen LogP contribution in [0, 0.1) is 11.8 Å². The van der Waals surface area contributed by atoms with Gasteiger partial charge in [0.15, 0.2) is 0 Å². The molecule has 0 heterocycles. The Kier molecular flexibility index (Phi) is 6.71. The lowest BCUT2D eigenvalue weighted by Gasteiger charge is -2.15. The zero-order valence-corrected chi connectivity index (χ0v) is 13.3. The average molecular weight is 342 g/mol. The van der Waals surface area contributed by atoms with Crippen LogP contribution in [-0.4, -0.2) is 23.5 Å². The van der Waals surface area contributed by atoms with Crippen LogP contribution >= 0.6 is 15.9 Å². The molecule has 1 atom stereocenters. The maximum atomic E-state index is 11.8. The van der Waals surface area contributed by atoms with Crippen LogP contribution < -0.4 is 5.32 Å². The van der Waals surface area contributed by atoms with Gasteiger partial charge in [0.2, 0.25) is 5.91 Å². The number of carbonyl (C=O) groups is 2. The molecule has 0 bridgehead atoms. The Bertz CT molecular complexity index is 457. The van der Waals surface area contributed by atoms with Gasteiger partial charge in [-0.2, -0.15) is 0 Å². The molecule has 0 spiro atoms. The van der Waals surface area contributed by atoms with Gasteiger partial charge in [-0.3, -0.25) is 9.59 Å². The van der Waals surface area contributed by atoms with Crippen LogP contribution in [-0.2, 0) is 16.0 Å². The molecule has 0 saturated carbocycles. The maximum absolute atomic E-state index is 11.8. The predicted molar refractivity (Wildman–Crippen MR) is 81.4 cm³/mol. The molecule has 1 unspecified atom stereocenters. The highest BCUT2D eigenvalue weighted by Gasteiger charge is 2.19. The number of amides is 1. The zero-order valence-electron chi connectivity index (χ0n) is 11.7. The molecular formula is C15H20BrNO3. The third-order valence-electron chi connectivity index (χ3n) is 2.93. The molecule has 110 valence electrons. The third-order valence-corrected chi connectivity index (χ3v) is 3.46. The largest absolute Gasteiger partial charge is 0.481 e. The minimum atomic E-state index is -0.859. The first kappa shape index (κ1) is 16.7. The van der Waals surface area contributed by atoms with Gasteiger partial charge in [-0.1, -0.05) is 41.9 Å². The second-order valence-corrected chi connectivity index (χ2v) is 6.19. The summed E-state index contributed by atoms with van der Waals surface area (Å²) in [4.78, 5) is 22.9. The predicted octanol–water partition coefficient (Wildman–Crippen LogP) is 2.85. The standard InChI is InChI=1S/C15H20BrNO3/c1-10(2)7-12(15(19)20)9-17-14(18)8-11-3-5-13(16)6-4-11/h3-6,10,12H,7-9H2,1-2H3,(H,17,18)(H,19,20). The van der Waals surface area contributed by atoms with Crippen molar-refractivity contribution >= 4 is 27.8 Å². The van der Waals surface area contributed by atoms with E-state index < -0.39 is 11.9 Å². The molecule has 0 aromatic heterocycles. The van der Waals surface area contributed by atoms with Gasteiger partial charge < -0.3 is 10.4 Å². The first-order valence-corrected chi connectivity index (χ1v) is 7.41. The van der Waals surface area contributed by atoms with Crippen LogP contribution in [0.4, 0.5) is 0 Å². The van der Waals surface area contributed by atoms with Crippen molar-refractivity contribution in [3.8, 4) is 0 Å². The number of carboxylic acids is 1. The minimum absolute atomic E-state index is 0.151. The van der Waals surface area contributed by atoms with Crippen LogP contribution in [0.1, 0.15) is 25.8 Å². The molecule has 4 nitrogen and oxygen atoms in total. The smallest absolute Gasteiger partial charge is 0.308 e. The van der Waals surface area contributed by atoms with E-state index in [4.69, 9.17) is 5.11 Å². The summed E-state index contributed by atoms with van der Waals surface area (Å²) in [6, 6.07) is 7.49. The van der Waals surface area contributed by atoms with Crippen molar-refractivity contribution in [3.05, 3.63) is 34.3 Å². The second-order valence-electron chi connectivity index (χ2n) is 5.27. The second kappa shape index (κ2) is 8.04. The van der Waals surface area contributed by atoms with Gasteiger partial charge in [0.25, 0.3) is 0 Å². The van der Waals surface area contributed by atoms with E-state index in [-0.39, 0.29) is 18.9 Å². The number of carboxylic acid groups (broad SMARTS) is 1. The molecule has 1 rings (SSSR count). The van der Waals surface area contributed by atoms with Crippen molar-refractivity contribution in [3.63, 3.8) is 0 Å². The summed E-state index contributed by atoms with van der Waals surface area (Å²) in [6.45, 7) is 4.13. The Hall–Kier alpha value is -1.36. The van der Waals surface area contributed by atoms with E-state index in [1.54, 1.807) is 0 Å². The fourth-order valence-electron chi connectivity index (χ4n) is 1.93. The van der Waals surface area contributed by atoms with Gasteiger partial charge in [-0.05, 0) is 30.0 Å². The molecule has 1 aromatic carbocycles. The zero-order chi connectivity index (χ0) is 15.1. The van der Waals surface area contributed by atoms with Gasteiger partial charge in [0.05, 0.1) is 12.3 Å². The highest BCUT2D eigenvalue weighted by atomic mass is 79.9. The molecule has 0 aliphatic carbocycles. The summed E-state index contributed by atoms with van der Waals surface area (Å²) < 4.78 is 0.963. The van der Waals surface area contributed by atoms with Crippen molar-refractivity contribution < 1.29 is 14.7 Å². The van der Waals surface area contributed by atoms with Crippen LogP contribution in [0.3, 0.4) is 0 Å². The quantitative estimate of drug-likeness (QED) is 0.801. The van der Waals surface area contributed by atoms with E-state index in [9.17, 15) is 9.59 Å². The Labute approximate surface area is 127 Å². The summed E-state index contributed by atoms with van der Waals surface area (Å²) >= 11 is 3.33. The van der Waals surface area contributed by atoms with E-state index in [1.165, 1.54) is 0 Å². The summed E-state index contributed by atoms with van der Waals surface area (Å²) in [5, 5.41) is 11.8. The molecule has 2 N–H and O–H groups in total. The first-order valence-electron chi connectivity index (χ1n) is 6.62. The number of aliphatic carboxylic acids is 1. The van der Waals surface area contributed by atoms with Crippen LogP contribution in [0.25, 0.3) is 0 Å². The van der Waals surface area contributed by atoms with Crippen molar-refractivity contribution in [2.45, 2.75) is 26.7 Å². The molecule has 1 amide bonds.